The number of halogens is 1. The Balaban J connectivity index is 3.89. The number of alkyl halides is 1. The Labute approximate surface area is 53.9 Å². The molecule has 1 atom stereocenters. The third-order valence-electron chi connectivity index (χ3n) is 1.21. The number of nitrogens with zero attached hydrogens (tertiary/aromatic N) is 1. The number of nitriles is 1. The SMILES string of the molecule is CC(C)C(O)(F)CC#N. The maximum atomic E-state index is 12.5. The first-order valence-electron chi connectivity index (χ1n) is 2.79. The molecule has 0 saturated heterocycles. The van der Waals surface area contributed by atoms with E-state index in [1.165, 1.54) is 13.8 Å². The van der Waals surface area contributed by atoms with Crippen LogP contribution in [0.4, 0.5) is 4.39 Å². The van der Waals surface area contributed by atoms with Crippen LogP contribution in [-0.4, -0.2) is 11.0 Å². The molecule has 0 rings (SSSR count). The van der Waals surface area contributed by atoms with Gasteiger partial charge in [0.2, 0.25) is 5.85 Å². The zero-order valence-electron chi connectivity index (χ0n) is 5.56. The van der Waals surface area contributed by atoms with Crippen LogP contribution in [0.2, 0.25) is 0 Å². The lowest BCUT2D eigenvalue weighted by atomic mass is 10.0. The molecule has 0 fully saturated rings. The summed E-state index contributed by atoms with van der Waals surface area (Å²) in [7, 11) is 0. The number of aliphatic hydroxyl groups is 1. The summed E-state index contributed by atoms with van der Waals surface area (Å²) in [5.74, 6) is -2.83. The first-order chi connectivity index (χ1) is 4.00. The molecule has 0 aromatic rings. The Hall–Kier alpha value is -0.620. The molecule has 0 radical (unpaired) electrons. The molecule has 0 aliphatic heterocycles. The Morgan fingerprint density at radius 2 is 2.22 bits per heavy atom. The standard InChI is InChI=1S/C6H10FNO/c1-5(2)6(7,9)3-4-8/h5,9H,3H2,1-2H3. The van der Waals surface area contributed by atoms with E-state index in [4.69, 9.17) is 10.4 Å². The van der Waals surface area contributed by atoms with Crippen LogP contribution in [0.3, 0.4) is 0 Å². The van der Waals surface area contributed by atoms with Crippen LogP contribution < -0.4 is 0 Å². The smallest absolute Gasteiger partial charge is 0.222 e. The molecule has 0 heterocycles. The van der Waals surface area contributed by atoms with Gasteiger partial charge in [-0.1, -0.05) is 13.8 Å². The van der Waals surface area contributed by atoms with E-state index >= 15 is 0 Å². The molecule has 3 heteroatoms. The third kappa shape index (κ3) is 2.43. The quantitative estimate of drug-likeness (QED) is 0.612. The topological polar surface area (TPSA) is 44.0 Å². The average molecular weight is 131 g/mol. The second kappa shape index (κ2) is 2.79. The fourth-order valence-electron chi connectivity index (χ4n) is 0.315. The van der Waals surface area contributed by atoms with Gasteiger partial charge in [-0.3, -0.25) is 0 Å². The van der Waals surface area contributed by atoms with Crippen molar-refractivity contribution in [1.82, 2.24) is 0 Å². The predicted octanol–water partition coefficient (Wildman–Crippen LogP) is 1.21. The average Bonchev–Trinajstić information content (AvgIpc) is 1.65. The molecule has 0 amide bonds. The summed E-state index contributed by atoms with van der Waals surface area (Å²) in [6.07, 6.45) is -0.454. The van der Waals surface area contributed by atoms with Crippen LogP contribution in [-0.2, 0) is 0 Å². The van der Waals surface area contributed by atoms with Gasteiger partial charge in [0, 0.05) is 5.92 Å². The monoisotopic (exact) mass is 131 g/mol. The highest BCUT2D eigenvalue weighted by Crippen LogP contribution is 2.21. The minimum absolute atomic E-state index is 0.454. The van der Waals surface area contributed by atoms with Gasteiger partial charge in [-0.2, -0.15) is 5.26 Å². The molecule has 1 N–H and O–H groups in total. The van der Waals surface area contributed by atoms with Crippen molar-refractivity contribution in [3.63, 3.8) is 0 Å². The fraction of sp³-hybridized carbons (Fsp3) is 0.833. The van der Waals surface area contributed by atoms with Gasteiger partial charge in [-0.15, -0.1) is 0 Å². The van der Waals surface area contributed by atoms with Crippen molar-refractivity contribution in [2.45, 2.75) is 26.1 Å². The molecule has 0 aromatic carbocycles. The second-order valence-electron chi connectivity index (χ2n) is 2.31. The predicted molar refractivity (Wildman–Crippen MR) is 31.1 cm³/mol. The van der Waals surface area contributed by atoms with Gasteiger partial charge in [0.1, 0.15) is 0 Å². The van der Waals surface area contributed by atoms with Crippen LogP contribution in [0.15, 0.2) is 0 Å². The van der Waals surface area contributed by atoms with Gasteiger partial charge in [-0.05, 0) is 0 Å². The van der Waals surface area contributed by atoms with Crippen LogP contribution in [0.25, 0.3) is 0 Å². The van der Waals surface area contributed by atoms with Crippen molar-refractivity contribution in [3.05, 3.63) is 0 Å². The van der Waals surface area contributed by atoms with Gasteiger partial charge in [0.25, 0.3) is 0 Å². The van der Waals surface area contributed by atoms with E-state index in [0.717, 1.165) is 0 Å². The van der Waals surface area contributed by atoms with Crippen LogP contribution in [0.1, 0.15) is 20.3 Å². The van der Waals surface area contributed by atoms with E-state index in [1.54, 1.807) is 6.07 Å². The maximum Gasteiger partial charge on any atom is 0.222 e. The molecular formula is C6H10FNO. The minimum Gasteiger partial charge on any atom is -0.361 e. The fourth-order valence-corrected chi connectivity index (χ4v) is 0.315. The van der Waals surface area contributed by atoms with Crippen molar-refractivity contribution in [1.29, 1.82) is 5.26 Å². The Morgan fingerprint density at radius 3 is 2.33 bits per heavy atom. The molecule has 0 aliphatic carbocycles. The summed E-state index contributed by atoms with van der Waals surface area (Å²) < 4.78 is 12.5. The zero-order valence-corrected chi connectivity index (χ0v) is 5.56. The molecule has 0 aromatic heterocycles. The van der Waals surface area contributed by atoms with Crippen LogP contribution in [0, 0.1) is 17.2 Å². The lowest BCUT2D eigenvalue weighted by Gasteiger charge is -2.18. The van der Waals surface area contributed by atoms with Crippen molar-refractivity contribution in [2.75, 3.05) is 0 Å². The van der Waals surface area contributed by atoms with Crippen molar-refractivity contribution in [3.8, 4) is 6.07 Å². The summed E-state index contributed by atoms with van der Waals surface area (Å²) in [5.41, 5.74) is 0. The molecule has 52 valence electrons. The first-order valence-corrected chi connectivity index (χ1v) is 2.79. The number of hydrogen-bond acceptors (Lipinski definition) is 2. The summed E-state index contributed by atoms with van der Waals surface area (Å²) in [5, 5.41) is 16.7. The lowest BCUT2D eigenvalue weighted by Crippen LogP contribution is -2.28. The van der Waals surface area contributed by atoms with Crippen molar-refractivity contribution >= 4 is 0 Å². The van der Waals surface area contributed by atoms with Gasteiger partial charge >= 0.3 is 0 Å². The van der Waals surface area contributed by atoms with Crippen molar-refractivity contribution in [2.24, 2.45) is 5.92 Å². The van der Waals surface area contributed by atoms with E-state index in [9.17, 15) is 4.39 Å². The van der Waals surface area contributed by atoms with Gasteiger partial charge in [0.05, 0.1) is 12.5 Å². The molecule has 0 bridgehead atoms. The molecule has 0 saturated carbocycles. The van der Waals surface area contributed by atoms with Crippen LogP contribution in [0.5, 0.6) is 0 Å². The van der Waals surface area contributed by atoms with E-state index in [0.29, 0.717) is 0 Å². The number of rotatable bonds is 2. The second-order valence-corrected chi connectivity index (χ2v) is 2.31. The van der Waals surface area contributed by atoms with Gasteiger partial charge < -0.3 is 5.11 Å². The highest BCUT2D eigenvalue weighted by Gasteiger charge is 2.29. The zero-order chi connectivity index (χ0) is 7.49. The Kier molecular flexibility index (Phi) is 2.60. The normalized spacial score (nSPS) is 16.9. The molecular weight excluding hydrogens is 121 g/mol. The maximum absolute atomic E-state index is 12.5. The van der Waals surface area contributed by atoms with Gasteiger partial charge in [0.15, 0.2) is 0 Å². The molecule has 9 heavy (non-hydrogen) atoms. The highest BCUT2D eigenvalue weighted by atomic mass is 19.2. The molecule has 0 spiro atoms. The van der Waals surface area contributed by atoms with Crippen molar-refractivity contribution < 1.29 is 9.50 Å². The van der Waals surface area contributed by atoms with E-state index in [1.807, 2.05) is 0 Å². The van der Waals surface area contributed by atoms with Gasteiger partial charge in [-0.25, -0.2) is 4.39 Å². The lowest BCUT2D eigenvalue weighted by molar-refractivity contribution is -0.120. The summed E-state index contributed by atoms with van der Waals surface area (Å²) in [6, 6.07) is 1.56. The summed E-state index contributed by atoms with van der Waals surface area (Å²) >= 11 is 0. The summed E-state index contributed by atoms with van der Waals surface area (Å²) in [4.78, 5) is 0. The highest BCUT2D eigenvalue weighted by molar-refractivity contribution is 4.82. The Bertz CT molecular complexity index is 126. The van der Waals surface area contributed by atoms with Crippen LogP contribution >= 0.6 is 0 Å². The summed E-state index contributed by atoms with van der Waals surface area (Å²) in [6.45, 7) is 3.05. The minimum atomic E-state index is -2.31. The largest absolute Gasteiger partial charge is 0.361 e. The first kappa shape index (κ1) is 8.38. The van der Waals surface area contributed by atoms with E-state index in [2.05, 4.69) is 0 Å². The molecule has 1 unspecified atom stereocenters. The third-order valence-corrected chi connectivity index (χ3v) is 1.21. The molecule has 2 nitrogen and oxygen atoms in total. The Morgan fingerprint density at radius 1 is 1.78 bits per heavy atom. The number of hydrogen-bond donors (Lipinski definition) is 1. The molecule has 0 aliphatic rings. The van der Waals surface area contributed by atoms with E-state index in [-0.39, 0.29) is 0 Å². The van der Waals surface area contributed by atoms with E-state index < -0.39 is 18.2 Å².